The van der Waals surface area contributed by atoms with E-state index in [-0.39, 0.29) is 54.6 Å². The first-order valence-electron chi connectivity index (χ1n) is 15.9. The van der Waals surface area contributed by atoms with Crippen LogP contribution in [0.2, 0.25) is 10.0 Å². The van der Waals surface area contributed by atoms with Gasteiger partial charge in [-0.05, 0) is 82.8 Å². The van der Waals surface area contributed by atoms with Crippen LogP contribution in [0.4, 0.5) is 70.2 Å². The third kappa shape index (κ3) is 35.2. The molecule has 0 radical (unpaired) electrons. The van der Waals surface area contributed by atoms with E-state index in [2.05, 4.69) is 21.3 Å². The lowest BCUT2D eigenvalue weighted by atomic mass is 10.2. The van der Waals surface area contributed by atoms with Crippen LogP contribution in [-0.2, 0) is 32.3 Å². The SMILES string of the molecule is C.FC(F)(F)C(F)(F)F.Fc1ccc(F)c(CNCCCNCCCNCCCNCc2c(F)ccc(F)c2Cl)c1Cl.O=C(O)C(F)(F)F.O=C(O)C(F)(F)F.O=CO.O=CO. The summed E-state index contributed by atoms with van der Waals surface area (Å²) in [6, 6.07) is 4.19. The molecule has 8 N–H and O–H groups in total. The normalized spacial score (nSPS) is 10.8. The fraction of sp³-hybridized carbons (Fsp3) is 0.500. The van der Waals surface area contributed by atoms with Gasteiger partial charge in [-0.2, -0.15) is 52.7 Å². The van der Waals surface area contributed by atoms with Crippen LogP contribution in [0.25, 0.3) is 0 Å². The van der Waals surface area contributed by atoms with Crippen molar-refractivity contribution in [1.82, 2.24) is 21.3 Å². The smallest absolute Gasteiger partial charge is 0.483 e. The Bertz CT molecular complexity index is 1440. The number of carboxylic acids is 2. The zero-order valence-corrected chi connectivity index (χ0v) is 32.0. The summed E-state index contributed by atoms with van der Waals surface area (Å²) in [6.07, 6.45) is -19.6. The van der Waals surface area contributed by atoms with Crippen LogP contribution in [0.1, 0.15) is 37.8 Å². The molecular weight excluding hydrogens is 943 g/mol. The Hall–Kier alpha value is -4.38. The van der Waals surface area contributed by atoms with E-state index in [1.165, 1.54) is 0 Å². The first-order valence-corrected chi connectivity index (χ1v) is 16.6. The van der Waals surface area contributed by atoms with Crippen molar-refractivity contribution in [3.8, 4) is 0 Å². The standard InChI is InChI=1S/C23H30Cl2F4N4.C2F6.2C2HF3O2.2CH2O2.CH4/c24-22-16(18(26)4-6-20(22)28)14-32-12-2-10-30-8-1-9-31-11-3-13-33-15-17-19(27)5-7-21(29)23(17)25;3-1(4,5)2(6,7)8;2*3-2(4,5)1(6)7;2*2-1-3;/h4-7,30-33H,1-3,8-15H2;;2*(H,6,7);2*1H,(H,2,3);1H4. The molecule has 0 aliphatic heterocycles. The fourth-order valence-electron chi connectivity index (χ4n) is 3.15. The molecule has 2 aromatic carbocycles. The number of carbonyl (C=O) groups is 4. The van der Waals surface area contributed by atoms with E-state index in [0.717, 1.165) is 69.7 Å². The maximum absolute atomic E-state index is 13.7. The third-order valence-corrected chi connectivity index (χ3v) is 6.63. The van der Waals surface area contributed by atoms with E-state index in [0.29, 0.717) is 13.1 Å². The topological polar surface area (TPSA) is 197 Å². The number of hydrogen-bond acceptors (Lipinski definition) is 8. The second kappa shape index (κ2) is 35.1. The van der Waals surface area contributed by atoms with Crippen molar-refractivity contribution in [2.75, 3.05) is 39.3 Å². The second-order valence-electron chi connectivity index (χ2n) is 10.4. The molecule has 0 aromatic heterocycles. The van der Waals surface area contributed by atoms with Gasteiger partial charge >= 0.3 is 36.6 Å². The molecule has 0 fully saturated rings. The van der Waals surface area contributed by atoms with E-state index >= 15 is 0 Å². The molecule has 0 aliphatic rings. The Balaban J connectivity index is -0.000000302. The molecule has 0 unspecified atom stereocenters. The zero-order valence-electron chi connectivity index (χ0n) is 30.5. The van der Waals surface area contributed by atoms with Gasteiger partial charge in [0, 0.05) is 24.2 Å². The van der Waals surface area contributed by atoms with Crippen LogP contribution in [0.3, 0.4) is 0 Å². The van der Waals surface area contributed by atoms with E-state index in [1.54, 1.807) is 0 Å². The highest BCUT2D eigenvalue weighted by molar-refractivity contribution is 6.31. The van der Waals surface area contributed by atoms with Crippen molar-refractivity contribution >= 4 is 48.1 Å². The molecule has 0 atom stereocenters. The largest absolute Gasteiger partial charge is 0.490 e. The molecular formula is C32H40Cl2F16N4O8. The highest BCUT2D eigenvalue weighted by Gasteiger charge is 2.58. The zero-order chi connectivity index (χ0) is 48.6. The van der Waals surface area contributed by atoms with Crippen molar-refractivity contribution in [2.45, 2.75) is 64.5 Å². The maximum Gasteiger partial charge on any atom is 0.490 e. The molecule has 12 nitrogen and oxygen atoms in total. The fourth-order valence-corrected chi connectivity index (χ4v) is 3.59. The monoisotopic (exact) mass is 982 g/mol. The van der Waals surface area contributed by atoms with E-state index in [9.17, 15) is 70.2 Å². The summed E-state index contributed by atoms with van der Waals surface area (Å²) >= 11 is 11.6. The summed E-state index contributed by atoms with van der Waals surface area (Å²) < 4.78 is 180. The van der Waals surface area contributed by atoms with Gasteiger partial charge in [-0.3, -0.25) is 9.59 Å². The van der Waals surface area contributed by atoms with Crippen LogP contribution in [0, 0.1) is 23.3 Å². The molecule has 0 amide bonds. The summed E-state index contributed by atoms with van der Waals surface area (Å²) in [5, 5.41) is 40.5. The Morgan fingerprint density at radius 2 is 0.694 bits per heavy atom. The highest BCUT2D eigenvalue weighted by atomic mass is 35.5. The van der Waals surface area contributed by atoms with Crippen LogP contribution < -0.4 is 21.3 Å². The Morgan fingerprint density at radius 3 is 0.887 bits per heavy atom. The number of carboxylic acid groups (broad SMARTS) is 4. The summed E-state index contributed by atoms with van der Waals surface area (Å²) in [7, 11) is 0. The molecule has 0 saturated heterocycles. The average molecular weight is 984 g/mol. The van der Waals surface area contributed by atoms with Gasteiger partial charge in [0.25, 0.3) is 12.9 Å². The van der Waals surface area contributed by atoms with Gasteiger partial charge in [-0.25, -0.2) is 27.2 Å². The van der Waals surface area contributed by atoms with Crippen LogP contribution >= 0.6 is 23.2 Å². The van der Waals surface area contributed by atoms with Crippen LogP contribution in [0.15, 0.2) is 24.3 Å². The van der Waals surface area contributed by atoms with Crippen molar-refractivity contribution in [3.63, 3.8) is 0 Å². The quantitative estimate of drug-likeness (QED) is 0.0348. The molecule has 0 saturated carbocycles. The van der Waals surface area contributed by atoms with Crippen LogP contribution in [0.5, 0.6) is 0 Å². The first kappa shape index (κ1) is 66.7. The summed E-state index contributed by atoms with van der Waals surface area (Å²) in [5.41, 5.74) is 0.298. The summed E-state index contributed by atoms with van der Waals surface area (Å²) in [5.74, 6) is -7.78. The van der Waals surface area contributed by atoms with Crippen molar-refractivity contribution in [3.05, 3.63) is 68.7 Å². The van der Waals surface area contributed by atoms with E-state index in [1.807, 2.05) is 0 Å². The molecule has 0 aliphatic carbocycles. The highest BCUT2D eigenvalue weighted by Crippen LogP contribution is 2.36. The molecule has 362 valence electrons. The minimum atomic E-state index is -6.06. The number of halogens is 18. The molecule has 0 heterocycles. The molecule has 0 bridgehead atoms. The Labute approximate surface area is 351 Å². The Kier molecular flexibility index (Phi) is 37.8. The van der Waals surface area contributed by atoms with Crippen molar-refractivity contribution in [1.29, 1.82) is 0 Å². The van der Waals surface area contributed by atoms with Crippen LogP contribution in [-0.4, -0.2) is 109 Å². The van der Waals surface area contributed by atoms with Gasteiger partial charge < -0.3 is 41.7 Å². The minimum absolute atomic E-state index is 0. The minimum Gasteiger partial charge on any atom is -0.483 e. The third-order valence-electron chi connectivity index (χ3n) is 5.81. The molecule has 2 rings (SSSR count). The number of alkyl halides is 12. The lowest BCUT2D eigenvalue weighted by Crippen LogP contribution is -2.30. The summed E-state index contributed by atoms with van der Waals surface area (Å²) in [4.78, 5) is 34.5. The molecule has 2 aromatic rings. The number of aliphatic carboxylic acids is 2. The van der Waals surface area contributed by atoms with Gasteiger partial charge in [0.05, 0.1) is 10.0 Å². The molecule has 0 spiro atoms. The number of nitrogens with one attached hydrogen (secondary N) is 4. The van der Waals surface area contributed by atoms with E-state index < -0.39 is 59.9 Å². The lowest BCUT2D eigenvalue weighted by Gasteiger charge is -2.10. The number of benzene rings is 2. The predicted molar refractivity (Wildman–Crippen MR) is 189 cm³/mol. The van der Waals surface area contributed by atoms with Gasteiger partial charge in [0.15, 0.2) is 0 Å². The van der Waals surface area contributed by atoms with Gasteiger partial charge in [0.1, 0.15) is 23.3 Å². The lowest BCUT2D eigenvalue weighted by molar-refractivity contribution is -0.339. The molecule has 62 heavy (non-hydrogen) atoms. The average Bonchev–Trinajstić information content (AvgIpc) is 3.12. The number of rotatable bonds is 16. The van der Waals surface area contributed by atoms with Gasteiger partial charge in [-0.1, -0.05) is 30.6 Å². The first-order chi connectivity index (χ1) is 27.9. The van der Waals surface area contributed by atoms with Gasteiger partial charge in [-0.15, -0.1) is 0 Å². The summed E-state index contributed by atoms with van der Waals surface area (Å²) in [6.45, 7) is 4.56. The number of hydrogen-bond donors (Lipinski definition) is 8. The second-order valence-corrected chi connectivity index (χ2v) is 11.1. The molecule has 30 heteroatoms. The maximum atomic E-state index is 13.7. The predicted octanol–water partition coefficient (Wildman–Crippen LogP) is 8.19. The van der Waals surface area contributed by atoms with Gasteiger partial charge in [0.2, 0.25) is 0 Å². The van der Waals surface area contributed by atoms with Crippen molar-refractivity contribution in [2.24, 2.45) is 0 Å². The van der Waals surface area contributed by atoms with Crippen molar-refractivity contribution < 1.29 is 110 Å². The van der Waals surface area contributed by atoms with E-state index in [4.69, 9.17) is 62.8 Å². The Morgan fingerprint density at radius 1 is 0.500 bits per heavy atom.